The van der Waals surface area contributed by atoms with Crippen LogP contribution in [0.1, 0.15) is 38.5 Å². The minimum Gasteiger partial charge on any atom is -0.481 e. The SMILES string of the molecule is O=C(O)CC(O)C1CCCCC1. The van der Waals surface area contributed by atoms with Crippen LogP contribution >= 0.6 is 0 Å². The zero-order valence-electron chi connectivity index (χ0n) is 7.20. The Kier molecular flexibility index (Phi) is 3.53. The number of aliphatic hydroxyl groups excluding tert-OH is 1. The Bertz CT molecular complexity index is 150. The second kappa shape index (κ2) is 4.45. The van der Waals surface area contributed by atoms with Gasteiger partial charge in [0.1, 0.15) is 0 Å². The third kappa shape index (κ3) is 2.81. The van der Waals surface area contributed by atoms with E-state index in [9.17, 15) is 9.90 Å². The second-order valence-electron chi connectivity index (χ2n) is 3.56. The number of carboxylic acid groups (broad SMARTS) is 1. The van der Waals surface area contributed by atoms with Crippen LogP contribution < -0.4 is 0 Å². The number of carbonyl (C=O) groups is 1. The van der Waals surface area contributed by atoms with E-state index in [1.54, 1.807) is 0 Å². The van der Waals surface area contributed by atoms with Crippen molar-refractivity contribution in [2.75, 3.05) is 0 Å². The van der Waals surface area contributed by atoms with Crippen LogP contribution in [-0.2, 0) is 4.79 Å². The molecule has 0 aromatic heterocycles. The lowest BCUT2D eigenvalue weighted by Gasteiger charge is -2.25. The molecule has 0 heterocycles. The Hall–Kier alpha value is -0.570. The first-order valence-corrected chi connectivity index (χ1v) is 4.60. The van der Waals surface area contributed by atoms with Gasteiger partial charge in [-0.05, 0) is 18.8 Å². The van der Waals surface area contributed by atoms with E-state index in [4.69, 9.17) is 5.11 Å². The third-order valence-electron chi connectivity index (χ3n) is 2.58. The summed E-state index contributed by atoms with van der Waals surface area (Å²) in [7, 11) is 0. The molecule has 1 aliphatic rings. The Balaban J connectivity index is 2.29. The zero-order chi connectivity index (χ0) is 8.97. The Morgan fingerprint density at radius 1 is 1.33 bits per heavy atom. The first kappa shape index (κ1) is 9.52. The van der Waals surface area contributed by atoms with E-state index in [0.717, 1.165) is 25.7 Å². The number of aliphatic hydroxyl groups is 1. The largest absolute Gasteiger partial charge is 0.481 e. The van der Waals surface area contributed by atoms with Crippen LogP contribution in [0.4, 0.5) is 0 Å². The molecule has 3 heteroatoms. The summed E-state index contributed by atoms with van der Waals surface area (Å²) in [5, 5.41) is 17.9. The summed E-state index contributed by atoms with van der Waals surface area (Å²) < 4.78 is 0. The van der Waals surface area contributed by atoms with Gasteiger partial charge >= 0.3 is 5.97 Å². The first-order valence-electron chi connectivity index (χ1n) is 4.60. The third-order valence-corrected chi connectivity index (χ3v) is 2.58. The monoisotopic (exact) mass is 172 g/mol. The molecule has 1 rings (SSSR count). The fourth-order valence-corrected chi connectivity index (χ4v) is 1.86. The average Bonchev–Trinajstić information content (AvgIpc) is 2.05. The van der Waals surface area contributed by atoms with Crippen LogP contribution in [0.25, 0.3) is 0 Å². The molecule has 1 aliphatic carbocycles. The Labute approximate surface area is 72.4 Å². The molecule has 0 amide bonds. The van der Waals surface area contributed by atoms with Gasteiger partial charge in [0.25, 0.3) is 0 Å². The molecule has 12 heavy (non-hydrogen) atoms. The highest BCUT2D eigenvalue weighted by Gasteiger charge is 2.23. The maximum atomic E-state index is 10.3. The lowest BCUT2D eigenvalue weighted by molar-refractivity contribution is -0.140. The van der Waals surface area contributed by atoms with Crippen molar-refractivity contribution in [3.63, 3.8) is 0 Å². The lowest BCUT2D eigenvalue weighted by atomic mass is 9.84. The molecular formula is C9H16O3. The number of carboxylic acids is 1. The van der Waals surface area contributed by atoms with Crippen molar-refractivity contribution >= 4 is 5.97 Å². The summed E-state index contributed by atoms with van der Waals surface area (Å²) in [6.07, 6.45) is 4.79. The van der Waals surface area contributed by atoms with Crippen molar-refractivity contribution in [2.24, 2.45) is 5.92 Å². The molecule has 0 aromatic carbocycles. The first-order chi connectivity index (χ1) is 5.70. The Morgan fingerprint density at radius 3 is 2.42 bits per heavy atom. The predicted octanol–water partition coefficient (Wildman–Crippen LogP) is 1.40. The smallest absolute Gasteiger partial charge is 0.305 e. The van der Waals surface area contributed by atoms with Crippen LogP contribution in [0.5, 0.6) is 0 Å². The van der Waals surface area contributed by atoms with Crippen molar-refractivity contribution in [1.82, 2.24) is 0 Å². The molecular weight excluding hydrogens is 156 g/mol. The van der Waals surface area contributed by atoms with Gasteiger partial charge in [0, 0.05) is 0 Å². The highest BCUT2D eigenvalue weighted by molar-refractivity contribution is 5.67. The van der Waals surface area contributed by atoms with Gasteiger partial charge in [-0.1, -0.05) is 19.3 Å². The van der Waals surface area contributed by atoms with Crippen LogP contribution in [-0.4, -0.2) is 22.3 Å². The molecule has 0 aromatic rings. The van der Waals surface area contributed by atoms with Gasteiger partial charge in [0.15, 0.2) is 0 Å². The molecule has 1 unspecified atom stereocenters. The number of rotatable bonds is 3. The van der Waals surface area contributed by atoms with E-state index in [0.29, 0.717) is 0 Å². The summed E-state index contributed by atoms with van der Waals surface area (Å²) in [5.74, 6) is -0.664. The molecule has 70 valence electrons. The van der Waals surface area contributed by atoms with E-state index < -0.39 is 12.1 Å². The molecule has 3 nitrogen and oxygen atoms in total. The molecule has 2 N–H and O–H groups in total. The second-order valence-corrected chi connectivity index (χ2v) is 3.56. The van der Waals surface area contributed by atoms with Crippen molar-refractivity contribution in [2.45, 2.75) is 44.6 Å². The van der Waals surface area contributed by atoms with E-state index in [2.05, 4.69) is 0 Å². The minimum absolute atomic E-state index is 0.0926. The maximum Gasteiger partial charge on any atom is 0.305 e. The van der Waals surface area contributed by atoms with Gasteiger partial charge in [0.2, 0.25) is 0 Å². The van der Waals surface area contributed by atoms with Crippen LogP contribution in [0, 0.1) is 5.92 Å². The molecule has 0 saturated heterocycles. The Morgan fingerprint density at radius 2 is 1.92 bits per heavy atom. The van der Waals surface area contributed by atoms with Gasteiger partial charge in [-0.25, -0.2) is 0 Å². The summed E-state index contributed by atoms with van der Waals surface area (Å²) in [6, 6.07) is 0. The van der Waals surface area contributed by atoms with Gasteiger partial charge < -0.3 is 10.2 Å². The molecule has 1 fully saturated rings. The highest BCUT2D eigenvalue weighted by Crippen LogP contribution is 2.27. The fourth-order valence-electron chi connectivity index (χ4n) is 1.86. The van der Waals surface area contributed by atoms with Crippen LogP contribution in [0.3, 0.4) is 0 Å². The average molecular weight is 172 g/mol. The topological polar surface area (TPSA) is 57.5 Å². The normalized spacial score (nSPS) is 22.1. The standard InChI is InChI=1S/C9H16O3/c10-8(6-9(11)12)7-4-2-1-3-5-7/h7-8,10H,1-6H2,(H,11,12). The molecule has 0 aliphatic heterocycles. The van der Waals surface area contributed by atoms with Gasteiger partial charge in [0.05, 0.1) is 12.5 Å². The van der Waals surface area contributed by atoms with E-state index in [-0.39, 0.29) is 12.3 Å². The summed E-state index contributed by atoms with van der Waals surface area (Å²) >= 11 is 0. The van der Waals surface area contributed by atoms with Crippen LogP contribution in [0.15, 0.2) is 0 Å². The van der Waals surface area contributed by atoms with Crippen molar-refractivity contribution in [1.29, 1.82) is 0 Å². The minimum atomic E-state index is -0.895. The van der Waals surface area contributed by atoms with Crippen molar-refractivity contribution in [3.8, 4) is 0 Å². The molecule has 1 saturated carbocycles. The summed E-state index contributed by atoms with van der Waals surface area (Å²) in [5.41, 5.74) is 0. The summed E-state index contributed by atoms with van der Waals surface area (Å²) in [6.45, 7) is 0. The van der Waals surface area contributed by atoms with Crippen molar-refractivity contribution < 1.29 is 15.0 Å². The van der Waals surface area contributed by atoms with Gasteiger partial charge in [-0.3, -0.25) is 4.79 Å². The molecule has 0 radical (unpaired) electrons. The number of aliphatic carboxylic acids is 1. The van der Waals surface area contributed by atoms with Crippen LogP contribution in [0.2, 0.25) is 0 Å². The molecule has 0 spiro atoms. The van der Waals surface area contributed by atoms with Crippen molar-refractivity contribution in [3.05, 3.63) is 0 Å². The predicted molar refractivity (Wildman–Crippen MR) is 44.8 cm³/mol. The fraction of sp³-hybridized carbons (Fsp3) is 0.889. The van der Waals surface area contributed by atoms with E-state index in [1.165, 1.54) is 6.42 Å². The number of hydrogen-bond acceptors (Lipinski definition) is 2. The maximum absolute atomic E-state index is 10.3. The highest BCUT2D eigenvalue weighted by atomic mass is 16.4. The lowest BCUT2D eigenvalue weighted by Crippen LogP contribution is -2.25. The molecule has 0 bridgehead atoms. The zero-order valence-corrected chi connectivity index (χ0v) is 7.20. The van der Waals surface area contributed by atoms with Gasteiger partial charge in [-0.2, -0.15) is 0 Å². The quantitative estimate of drug-likeness (QED) is 0.676. The summed E-state index contributed by atoms with van der Waals surface area (Å²) in [4.78, 5) is 10.3. The van der Waals surface area contributed by atoms with Gasteiger partial charge in [-0.15, -0.1) is 0 Å². The number of hydrogen-bond donors (Lipinski definition) is 2. The molecule has 1 atom stereocenters. The van der Waals surface area contributed by atoms with E-state index >= 15 is 0 Å². The van der Waals surface area contributed by atoms with E-state index in [1.807, 2.05) is 0 Å².